The van der Waals surface area contributed by atoms with Gasteiger partial charge >= 0.3 is 21.2 Å². The van der Waals surface area contributed by atoms with Crippen molar-refractivity contribution in [2.24, 2.45) is 0 Å². The van der Waals surface area contributed by atoms with Gasteiger partial charge in [0.25, 0.3) is 0 Å². The standard InChI is InChI=1S/2CH3.CH2.Cr.3H2/h2*1H3;1H2;;3*1H/q2*-1;;;;;/i;;;;3*1+1. The van der Waals surface area contributed by atoms with E-state index in [4.69, 9.17) is 0 Å². The van der Waals surface area contributed by atoms with Crippen molar-refractivity contribution in [3.8, 4) is 0 Å². The largest absolute Gasteiger partial charge is 0.358 e. The van der Waals surface area contributed by atoms with Gasteiger partial charge in [-0.25, -0.2) is 0 Å². The van der Waals surface area contributed by atoms with Crippen LogP contribution in [0, 0.1) is 14.9 Å². The van der Waals surface area contributed by atoms with E-state index >= 15 is 0 Å². The molecule has 0 aromatic carbocycles. The van der Waals surface area contributed by atoms with E-state index in [9.17, 15) is 0 Å². The Bertz CT molecular complexity index is 10.1. The third-order valence-corrected chi connectivity index (χ3v) is 0. The van der Waals surface area contributed by atoms with Crippen LogP contribution < -0.4 is 0 Å². The molecule has 0 saturated carbocycles. The van der Waals surface area contributed by atoms with Gasteiger partial charge in [-0.15, -0.1) is 0 Å². The van der Waals surface area contributed by atoms with Gasteiger partial charge in [0.05, 0.1) is 0 Å². The summed E-state index contributed by atoms with van der Waals surface area (Å²) in [6, 6.07) is 0. The quantitative estimate of drug-likeness (QED) is 0.410. The molecule has 0 amide bonds. The molecule has 1 heteroatoms. The van der Waals surface area contributed by atoms with Crippen LogP contribution in [0.25, 0.3) is 0 Å². The zero-order chi connectivity index (χ0) is 2.00. The average molecular weight is 105 g/mol. The van der Waals surface area contributed by atoms with E-state index in [0.29, 0.717) is 0 Å². The van der Waals surface area contributed by atoms with Crippen molar-refractivity contribution in [1.29, 1.82) is 0 Å². The Morgan fingerprint density at radius 2 is 1.25 bits per heavy atom. The molecule has 0 saturated heterocycles. The maximum Gasteiger partial charge on any atom is -0.358 e. The fraction of sp³-hybridized carbons (Fsp3) is 0. The van der Waals surface area contributed by atoms with E-state index in [0.717, 1.165) is 0 Å². The first kappa shape index (κ1) is 25.9. The monoisotopic (exact) mass is 105 g/mol. The summed E-state index contributed by atoms with van der Waals surface area (Å²) < 4.78 is 0. The molecule has 0 aliphatic heterocycles. The van der Waals surface area contributed by atoms with E-state index in [1.54, 1.807) is 0 Å². The Morgan fingerprint density at radius 1 is 1.25 bits per heavy atom. The van der Waals surface area contributed by atoms with Gasteiger partial charge in [0.1, 0.15) is 0 Å². The summed E-state index contributed by atoms with van der Waals surface area (Å²) in [6.45, 7) is 0. The second-order valence-electron chi connectivity index (χ2n) is 0. The second-order valence-corrected chi connectivity index (χ2v) is 0. The molecule has 0 aliphatic carbocycles. The van der Waals surface area contributed by atoms with Crippen molar-refractivity contribution >= 4 is 5.39 Å². The van der Waals surface area contributed by atoms with Crippen molar-refractivity contribution in [1.82, 2.24) is 0 Å². The second kappa shape index (κ2) is 121. The molecule has 0 atom stereocenters. The predicted molar refractivity (Wildman–Crippen MR) is 26.3 cm³/mol. The van der Waals surface area contributed by atoms with Crippen LogP contribution in [0.2, 0.25) is 0 Å². The molecule has 0 rings (SSSR count). The van der Waals surface area contributed by atoms with Crippen LogP contribution in [0.4, 0.5) is 0 Å². The van der Waals surface area contributed by atoms with Crippen LogP contribution in [0.15, 0.2) is 0 Å². The number of hydrogen-bond acceptors (Lipinski definition) is 0. The van der Waals surface area contributed by atoms with Gasteiger partial charge in [-0.3, -0.25) is 0 Å². The molecule has 34 valence electrons. The molecule has 4 heavy (non-hydrogen) atoms. The van der Waals surface area contributed by atoms with Gasteiger partial charge in [0.15, 0.2) is 0 Å². The minimum atomic E-state index is 0. The fourth-order valence-corrected chi connectivity index (χ4v) is 0. The van der Waals surface area contributed by atoms with Gasteiger partial charge in [-0.05, 0) is 0 Å². The zero-order valence-corrected chi connectivity index (χ0v) is 4.39. The molecular weight excluding hydrogens is 88.0 g/mol. The normalized spacial score (nSPS) is 1.00. The maximum atomic E-state index is 3.12. The third kappa shape index (κ3) is 29.2. The fourth-order valence-electron chi connectivity index (χ4n) is 0. The minimum Gasteiger partial charge on any atom is -0.358 e. The van der Waals surface area contributed by atoms with Crippen molar-refractivity contribution < 1.29 is 20.1 Å². The van der Waals surface area contributed by atoms with E-state index in [-0.39, 0.29) is 19.1 Å². The summed E-state index contributed by atoms with van der Waals surface area (Å²) in [5, 5.41) is 3.12. The minimum absolute atomic E-state index is 0. The van der Waals surface area contributed by atoms with E-state index < -0.39 is 0 Å². The van der Waals surface area contributed by atoms with Crippen molar-refractivity contribution in [2.45, 2.75) is 0 Å². The van der Waals surface area contributed by atoms with Gasteiger partial charge in [0.2, 0.25) is 0 Å². The molecule has 0 N–H and O–H groups in total. The van der Waals surface area contributed by atoms with Crippen molar-refractivity contribution in [2.75, 3.05) is 0 Å². The van der Waals surface area contributed by atoms with Crippen LogP contribution >= 0.6 is 0 Å². The van der Waals surface area contributed by atoms with Gasteiger partial charge < -0.3 is 14.9 Å². The number of hydrogen-bond donors (Lipinski definition) is 0. The molecule has 0 aromatic rings. The summed E-state index contributed by atoms with van der Waals surface area (Å²) in [6.07, 6.45) is 0. The van der Waals surface area contributed by atoms with E-state index in [2.05, 4.69) is 21.2 Å². The van der Waals surface area contributed by atoms with Crippen molar-refractivity contribution in [3.63, 3.8) is 0 Å². The van der Waals surface area contributed by atoms with E-state index in [1.807, 2.05) is 0 Å². The maximum absolute atomic E-state index is 3.12. The number of rotatable bonds is 0. The molecule has 0 fully saturated rings. The third-order valence-electron chi connectivity index (χ3n) is 0. The smallest absolute Gasteiger partial charge is 0.358 e. The van der Waals surface area contributed by atoms with Crippen LogP contribution in [-0.2, 0) is 15.9 Å². The first-order chi connectivity index (χ1) is 1.00. The molecule has 0 aromatic heterocycles. The molecule has 0 heterocycles. The van der Waals surface area contributed by atoms with E-state index in [1.165, 1.54) is 0 Å². The summed E-state index contributed by atoms with van der Waals surface area (Å²) >= 11 is 2.38. The molecule has 0 spiro atoms. The Kier molecular flexibility index (Phi) is 785. The molecule has 0 aliphatic rings. The first-order valence-electron chi connectivity index (χ1n) is 0.289. The Labute approximate surface area is 41.3 Å². The zero-order valence-electron chi connectivity index (χ0n) is 3.12. The summed E-state index contributed by atoms with van der Waals surface area (Å²) in [5.74, 6) is 0. The molecule has 0 unspecified atom stereocenters. The SMILES string of the molecule is [2HH].[2HH].[2HH].[CH2]=[Cr].[CH3-].[CH3-]. The summed E-state index contributed by atoms with van der Waals surface area (Å²) in [7, 11) is 0. The Hall–Kier alpha value is 0.402. The van der Waals surface area contributed by atoms with Gasteiger partial charge in [-0.2, -0.15) is 0 Å². The van der Waals surface area contributed by atoms with Crippen LogP contribution in [0.5, 0.6) is 0 Å². The summed E-state index contributed by atoms with van der Waals surface area (Å²) in [4.78, 5) is 0. The first-order valence-corrected chi connectivity index (χ1v) is 1.19. The topological polar surface area (TPSA) is 0 Å². The van der Waals surface area contributed by atoms with Crippen molar-refractivity contribution in [3.05, 3.63) is 14.9 Å². The van der Waals surface area contributed by atoms with Gasteiger partial charge in [-0.1, -0.05) is 0 Å². The van der Waals surface area contributed by atoms with Crippen LogP contribution in [0.1, 0.15) is 4.28 Å². The summed E-state index contributed by atoms with van der Waals surface area (Å²) in [5.41, 5.74) is 0. The molecule has 0 bridgehead atoms. The molecule has 0 radical (unpaired) electrons. The molecule has 0 nitrogen and oxygen atoms in total. The van der Waals surface area contributed by atoms with Crippen LogP contribution in [0.3, 0.4) is 0 Å². The Balaban J connectivity index is -0.000000000500. The van der Waals surface area contributed by atoms with Crippen LogP contribution in [-0.4, -0.2) is 5.39 Å². The predicted octanol–water partition coefficient (Wildman–Crippen LogP) is 1.60. The van der Waals surface area contributed by atoms with Gasteiger partial charge in [0, 0.05) is 4.28 Å². The Morgan fingerprint density at radius 3 is 1.25 bits per heavy atom. The molecular formula is C3H14Cr-2. The average Bonchev–Trinajstić information content (AvgIpc) is 1.00.